The van der Waals surface area contributed by atoms with Gasteiger partial charge in [-0.1, -0.05) is 0 Å². The Morgan fingerprint density at radius 3 is 2.74 bits per heavy atom. The number of aliphatic imine (C=N–C) groups is 3. The maximum Gasteiger partial charge on any atom is 0.235 e. The molecule has 0 aromatic rings. The van der Waals surface area contributed by atoms with Crippen molar-refractivity contribution in [1.82, 2.24) is 4.90 Å². The van der Waals surface area contributed by atoms with Gasteiger partial charge in [0, 0.05) is 56.1 Å². The summed E-state index contributed by atoms with van der Waals surface area (Å²) in [7, 11) is 3.33. The quantitative estimate of drug-likeness (QED) is 0.676. The number of hydrogen-bond donors (Lipinski definition) is 0. The van der Waals surface area contributed by atoms with Gasteiger partial charge in [-0.3, -0.25) is 19.8 Å². The summed E-state index contributed by atoms with van der Waals surface area (Å²) >= 11 is 0. The maximum atomic E-state index is 13.2. The molecule has 0 spiro atoms. The Bertz CT molecular complexity index is 884. The second-order valence-electron chi connectivity index (χ2n) is 9.40. The van der Waals surface area contributed by atoms with Gasteiger partial charge in [0.15, 0.2) is 6.23 Å². The van der Waals surface area contributed by atoms with E-state index >= 15 is 0 Å². The summed E-state index contributed by atoms with van der Waals surface area (Å²) in [6.45, 7) is 4.35. The Morgan fingerprint density at radius 2 is 2.03 bits per heavy atom. The molecule has 0 aliphatic carbocycles. The highest BCUT2D eigenvalue weighted by atomic mass is 16.5. The van der Waals surface area contributed by atoms with E-state index in [9.17, 15) is 10.1 Å². The second-order valence-corrected chi connectivity index (χ2v) is 9.40. The molecule has 0 aromatic carbocycles. The molecule has 1 saturated heterocycles. The summed E-state index contributed by atoms with van der Waals surface area (Å²) in [6.07, 6.45) is 8.33. The summed E-state index contributed by atoms with van der Waals surface area (Å²) in [4.78, 5) is 28.9. The molecular weight excluding hydrogens is 394 g/mol. The second kappa shape index (κ2) is 8.64. The van der Waals surface area contributed by atoms with Crippen molar-refractivity contribution >= 4 is 24.0 Å². The van der Waals surface area contributed by atoms with Crippen LogP contribution in [0.3, 0.4) is 0 Å². The highest BCUT2D eigenvalue weighted by Crippen LogP contribution is 2.38. The van der Waals surface area contributed by atoms with Crippen LogP contribution in [0.4, 0.5) is 0 Å². The highest BCUT2D eigenvalue weighted by Gasteiger charge is 2.44. The predicted molar refractivity (Wildman–Crippen MR) is 118 cm³/mol. The number of hydrogen-bond acceptors (Lipinski definition) is 7. The van der Waals surface area contributed by atoms with Gasteiger partial charge in [-0.2, -0.15) is 5.26 Å². The molecule has 4 aliphatic rings. The molecule has 8 nitrogen and oxygen atoms in total. The lowest BCUT2D eigenvalue weighted by Gasteiger charge is -2.33. The van der Waals surface area contributed by atoms with E-state index in [-0.39, 0.29) is 42.0 Å². The summed E-state index contributed by atoms with van der Waals surface area (Å²) in [6, 6.07) is 2.48. The number of amides is 1. The fraction of sp³-hybridized carbons (Fsp3) is 0.696. The van der Waals surface area contributed by atoms with Crippen LogP contribution in [0.1, 0.15) is 39.5 Å². The molecule has 4 aliphatic heterocycles. The Hall–Kier alpha value is -2.37. The summed E-state index contributed by atoms with van der Waals surface area (Å²) in [5.41, 5.74) is 1.32. The van der Waals surface area contributed by atoms with Crippen LogP contribution in [0.5, 0.6) is 0 Å². The Morgan fingerprint density at radius 1 is 1.23 bits per heavy atom. The first-order chi connectivity index (χ1) is 14.9. The number of rotatable bonds is 5. The zero-order valence-corrected chi connectivity index (χ0v) is 18.7. The number of carbonyl (C=O) groups excluding carboxylic acids is 1. The number of nitriles is 1. The van der Waals surface area contributed by atoms with E-state index < -0.39 is 5.41 Å². The van der Waals surface area contributed by atoms with Gasteiger partial charge in [0.1, 0.15) is 6.10 Å². The number of carbonyl (C=O) groups is 1. The van der Waals surface area contributed by atoms with E-state index in [0.717, 1.165) is 30.7 Å². The molecule has 4 heterocycles. The van der Waals surface area contributed by atoms with Crippen molar-refractivity contribution in [3.05, 3.63) is 11.9 Å². The number of allylic oxidation sites excluding steroid dienone is 1. The third-order valence-electron chi connectivity index (χ3n) is 7.14. The Balaban J connectivity index is 1.49. The lowest BCUT2D eigenvalue weighted by atomic mass is 9.77. The molecule has 4 rings (SSSR count). The third kappa shape index (κ3) is 4.09. The Labute approximate surface area is 183 Å². The standard InChI is InChI=1S/C23H31N5O3/c1-23(2,13-24)15-8-16(11-25-10-15)28-12-19-17(22(28)29)5-6-18(27-19)14-7-20(30-3)21(31-4)26-9-14/h9-11,14-15,17-18,20-21H,5-8,12H2,1-4H3. The zero-order valence-electron chi connectivity index (χ0n) is 18.7. The van der Waals surface area contributed by atoms with E-state index in [2.05, 4.69) is 16.1 Å². The van der Waals surface area contributed by atoms with E-state index in [4.69, 9.17) is 14.5 Å². The molecule has 0 aromatic heterocycles. The summed E-state index contributed by atoms with van der Waals surface area (Å²) in [5, 5.41) is 9.48. The minimum absolute atomic E-state index is 0.0132. The van der Waals surface area contributed by atoms with Crippen LogP contribution >= 0.6 is 0 Å². The van der Waals surface area contributed by atoms with Gasteiger partial charge < -0.3 is 14.4 Å². The van der Waals surface area contributed by atoms with Gasteiger partial charge in [0.2, 0.25) is 5.91 Å². The smallest absolute Gasteiger partial charge is 0.235 e. The zero-order chi connectivity index (χ0) is 22.2. The molecule has 0 bridgehead atoms. The summed E-state index contributed by atoms with van der Waals surface area (Å²) < 4.78 is 11.0. The van der Waals surface area contributed by atoms with Gasteiger partial charge in [-0.25, -0.2) is 0 Å². The van der Waals surface area contributed by atoms with Gasteiger partial charge in [0.25, 0.3) is 0 Å². The van der Waals surface area contributed by atoms with Crippen molar-refractivity contribution in [2.75, 3.05) is 20.8 Å². The van der Waals surface area contributed by atoms with Crippen LogP contribution in [0.15, 0.2) is 26.9 Å². The van der Waals surface area contributed by atoms with Crippen LogP contribution in [0, 0.1) is 34.5 Å². The lowest BCUT2D eigenvalue weighted by Crippen LogP contribution is -2.40. The molecule has 6 atom stereocenters. The molecule has 6 unspecified atom stereocenters. The maximum absolute atomic E-state index is 13.2. The van der Waals surface area contributed by atoms with Crippen molar-refractivity contribution in [3.63, 3.8) is 0 Å². The lowest BCUT2D eigenvalue weighted by molar-refractivity contribution is -0.129. The van der Waals surface area contributed by atoms with Crippen molar-refractivity contribution in [1.29, 1.82) is 5.26 Å². The first-order valence-corrected chi connectivity index (χ1v) is 11.0. The first kappa shape index (κ1) is 21.8. The van der Waals surface area contributed by atoms with Gasteiger partial charge in [-0.15, -0.1) is 0 Å². The number of fused-ring (bicyclic) bond motifs is 1. The minimum atomic E-state index is -0.528. The predicted octanol–water partition coefficient (Wildman–Crippen LogP) is 2.61. The average molecular weight is 426 g/mol. The summed E-state index contributed by atoms with van der Waals surface area (Å²) in [5.74, 6) is 0.144. The number of ether oxygens (including phenoxy) is 2. The SMILES string of the molecule is COC1CC(C2CCC3C(=O)N(C4=CN=CC(C(C)(C)C#N)C4)CC3=N2)C=NC1OC. The van der Waals surface area contributed by atoms with E-state index in [1.54, 1.807) is 20.4 Å². The van der Waals surface area contributed by atoms with E-state index in [1.807, 2.05) is 31.2 Å². The van der Waals surface area contributed by atoms with Crippen LogP contribution in [0.2, 0.25) is 0 Å². The van der Waals surface area contributed by atoms with Crippen molar-refractivity contribution < 1.29 is 14.3 Å². The fourth-order valence-electron chi connectivity index (χ4n) is 4.96. The van der Waals surface area contributed by atoms with Crippen molar-refractivity contribution in [2.45, 2.75) is 57.9 Å². The van der Waals surface area contributed by atoms with Crippen LogP contribution in [0.25, 0.3) is 0 Å². The van der Waals surface area contributed by atoms with Gasteiger partial charge in [-0.05, 0) is 39.5 Å². The largest absolute Gasteiger partial charge is 0.377 e. The van der Waals surface area contributed by atoms with Gasteiger partial charge in [0.05, 0.1) is 30.0 Å². The number of nitrogens with zero attached hydrogens (tertiary/aromatic N) is 5. The van der Waals surface area contributed by atoms with Gasteiger partial charge >= 0.3 is 0 Å². The monoisotopic (exact) mass is 425 g/mol. The minimum Gasteiger partial charge on any atom is -0.377 e. The van der Waals surface area contributed by atoms with E-state index in [1.165, 1.54) is 0 Å². The molecule has 1 fully saturated rings. The molecule has 31 heavy (non-hydrogen) atoms. The number of methoxy groups -OCH3 is 2. The number of likely N-dealkylation sites (tertiary alicyclic amines) is 1. The molecule has 0 radical (unpaired) electrons. The first-order valence-electron chi connectivity index (χ1n) is 11.0. The molecule has 8 heteroatoms. The molecular formula is C23H31N5O3. The van der Waals surface area contributed by atoms with Crippen LogP contribution < -0.4 is 0 Å². The van der Waals surface area contributed by atoms with Crippen LogP contribution in [-0.2, 0) is 14.3 Å². The normalized spacial score (nSPS) is 35.5. The molecule has 1 amide bonds. The highest BCUT2D eigenvalue weighted by molar-refractivity contribution is 6.12. The van der Waals surface area contributed by atoms with E-state index in [0.29, 0.717) is 13.0 Å². The molecule has 166 valence electrons. The average Bonchev–Trinajstić information content (AvgIpc) is 3.14. The third-order valence-corrected chi connectivity index (χ3v) is 7.14. The van der Waals surface area contributed by atoms with Crippen LogP contribution in [-0.4, -0.2) is 68.1 Å². The van der Waals surface area contributed by atoms with Crippen molar-refractivity contribution in [3.8, 4) is 6.07 Å². The van der Waals surface area contributed by atoms with Crippen molar-refractivity contribution in [2.24, 2.45) is 38.1 Å². The fourth-order valence-corrected chi connectivity index (χ4v) is 4.96. The molecule has 0 N–H and O–H groups in total. The molecule has 0 saturated carbocycles. The Kier molecular flexibility index (Phi) is 6.09. The topological polar surface area (TPSA) is 99.6 Å².